The lowest BCUT2D eigenvalue weighted by molar-refractivity contribution is -0.0253. The van der Waals surface area contributed by atoms with Gasteiger partial charge in [0.05, 0.1) is 6.10 Å². The Morgan fingerprint density at radius 1 is 1.38 bits per heavy atom. The number of piperidine rings is 1. The van der Waals surface area contributed by atoms with Crippen LogP contribution >= 0.6 is 0 Å². The standard InChI is InChI=1S/C11H21NO/c1-8-7-10(13)9-5-3-4-6-11(9,2)12-8/h8-10,12-13H,3-7H2,1-2H3/t8-,9-,10+,11-/m0/s1. The summed E-state index contributed by atoms with van der Waals surface area (Å²) in [6, 6.07) is 0.481. The fourth-order valence-electron chi connectivity index (χ4n) is 3.30. The maximum atomic E-state index is 10.00. The van der Waals surface area contributed by atoms with Crippen molar-refractivity contribution in [3.8, 4) is 0 Å². The molecule has 1 saturated heterocycles. The van der Waals surface area contributed by atoms with E-state index in [4.69, 9.17) is 0 Å². The van der Waals surface area contributed by atoms with E-state index in [1.807, 2.05) is 0 Å². The smallest absolute Gasteiger partial charge is 0.0600 e. The van der Waals surface area contributed by atoms with Gasteiger partial charge in [0.25, 0.3) is 0 Å². The van der Waals surface area contributed by atoms with Crippen LogP contribution in [0.15, 0.2) is 0 Å². The molecule has 0 unspecified atom stereocenters. The van der Waals surface area contributed by atoms with Crippen LogP contribution in [0.25, 0.3) is 0 Å². The van der Waals surface area contributed by atoms with Crippen molar-refractivity contribution in [2.24, 2.45) is 5.92 Å². The van der Waals surface area contributed by atoms with Crippen molar-refractivity contribution >= 4 is 0 Å². The molecule has 0 bridgehead atoms. The summed E-state index contributed by atoms with van der Waals surface area (Å²) in [5.74, 6) is 0.498. The molecular weight excluding hydrogens is 162 g/mol. The first-order valence-electron chi connectivity index (χ1n) is 5.57. The van der Waals surface area contributed by atoms with Gasteiger partial charge in [0.15, 0.2) is 0 Å². The Morgan fingerprint density at radius 2 is 2.15 bits per heavy atom. The molecule has 1 aliphatic carbocycles. The maximum Gasteiger partial charge on any atom is 0.0600 e. The van der Waals surface area contributed by atoms with Gasteiger partial charge in [-0.25, -0.2) is 0 Å². The average Bonchev–Trinajstić information content (AvgIpc) is 2.01. The van der Waals surface area contributed by atoms with Crippen LogP contribution in [0.1, 0.15) is 46.0 Å². The molecule has 2 rings (SSSR count). The Bertz CT molecular complexity index is 195. The van der Waals surface area contributed by atoms with Crippen molar-refractivity contribution < 1.29 is 5.11 Å². The largest absolute Gasteiger partial charge is 0.393 e. The molecule has 0 aromatic carbocycles. The summed E-state index contributed by atoms with van der Waals surface area (Å²) >= 11 is 0. The SMILES string of the molecule is C[C@H]1C[C@@H](O)[C@@H]2CCCC[C@]2(C)N1. The monoisotopic (exact) mass is 183 g/mol. The summed E-state index contributed by atoms with van der Waals surface area (Å²) in [5, 5.41) is 13.7. The van der Waals surface area contributed by atoms with Gasteiger partial charge in [-0.1, -0.05) is 12.8 Å². The van der Waals surface area contributed by atoms with Crippen LogP contribution < -0.4 is 5.32 Å². The number of hydrogen-bond donors (Lipinski definition) is 2. The van der Waals surface area contributed by atoms with Crippen LogP contribution in [0, 0.1) is 5.92 Å². The number of hydrogen-bond acceptors (Lipinski definition) is 2. The second kappa shape index (κ2) is 3.25. The predicted molar refractivity (Wildman–Crippen MR) is 53.6 cm³/mol. The molecule has 0 amide bonds. The molecule has 2 nitrogen and oxygen atoms in total. The molecule has 76 valence electrons. The van der Waals surface area contributed by atoms with E-state index in [2.05, 4.69) is 19.2 Å². The van der Waals surface area contributed by atoms with Crippen molar-refractivity contribution in [3.05, 3.63) is 0 Å². The molecule has 1 aliphatic heterocycles. The molecule has 0 aromatic heterocycles. The zero-order chi connectivity index (χ0) is 9.47. The zero-order valence-electron chi connectivity index (χ0n) is 8.71. The quantitative estimate of drug-likeness (QED) is 0.599. The van der Waals surface area contributed by atoms with Crippen LogP contribution in [0.3, 0.4) is 0 Å². The highest BCUT2D eigenvalue weighted by Gasteiger charge is 2.44. The van der Waals surface area contributed by atoms with E-state index in [0.717, 1.165) is 6.42 Å². The molecule has 0 radical (unpaired) electrons. The van der Waals surface area contributed by atoms with E-state index in [1.54, 1.807) is 0 Å². The van der Waals surface area contributed by atoms with Crippen molar-refractivity contribution in [2.75, 3.05) is 0 Å². The molecule has 0 aromatic rings. The van der Waals surface area contributed by atoms with Crippen molar-refractivity contribution in [1.29, 1.82) is 0 Å². The van der Waals surface area contributed by atoms with Gasteiger partial charge in [-0.3, -0.25) is 0 Å². The molecule has 0 spiro atoms. The minimum absolute atomic E-state index is 0.0680. The summed E-state index contributed by atoms with van der Waals surface area (Å²) in [7, 11) is 0. The van der Waals surface area contributed by atoms with E-state index in [9.17, 15) is 5.11 Å². The minimum atomic E-state index is -0.0680. The minimum Gasteiger partial charge on any atom is -0.393 e. The van der Waals surface area contributed by atoms with Crippen LogP contribution in [0.5, 0.6) is 0 Å². The average molecular weight is 183 g/mol. The fourth-order valence-corrected chi connectivity index (χ4v) is 3.30. The van der Waals surface area contributed by atoms with E-state index >= 15 is 0 Å². The summed E-state index contributed by atoms with van der Waals surface area (Å²) in [6.07, 6.45) is 5.92. The van der Waals surface area contributed by atoms with Crippen LogP contribution in [-0.4, -0.2) is 22.8 Å². The van der Waals surface area contributed by atoms with Crippen LogP contribution in [0.2, 0.25) is 0 Å². The molecular formula is C11H21NO. The van der Waals surface area contributed by atoms with Gasteiger partial charge >= 0.3 is 0 Å². The number of rotatable bonds is 0. The number of aliphatic hydroxyl groups excluding tert-OH is 1. The van der Waals surface area contributed by atoms with Gasteiger partial charge in [0.2, 0.25) is 0 Å². The van der Waals surface area contributed by atoms with Gasteiger partial charge in [0.1, 0.15) is 0 Å². The summed E-state index contributed by atoms with van der Waals surface area (Å²) in [5.41, 5.74) is 0.218. The highest BCUT2D eigenvalue weighted by molar-refractivity contribution is 5.01. The van der Waals surface area contributed by atoms with Gasteiger partial charge in [-0.15, -0.1) is 0 Å². The molecule has 2 heteroatoms. The summed E-state index contributed by atoms with van der Waals surface area (Å²) < 4.78 is 0. The molecule has 1 saturated carbocycles. The van der Waals surface area contributed by atoms with E-state index in [-0.39, 0.29) is 11.6 Å². The first kappa shape index (κ1) is 9.47. The Labute approximate surface area is 80.7 Å². The Balaban J connectivity index is 2.15. The number of fused-ring (bicyclic) bond motifs is 1. The van der Waals surface area contributed by atoms with Crippen molar-refractivity contribution in [3.63, 3.8) is 0 Å². The predicted octanol–water partition coefficient (Wildman–Crippen LogP) is 1.68. The van der Waals surface area contributed by atoms with Crippen LogP contribution in [0.4, 0.5) is 0 Å². The van der Waals surface area contributed by atoms with Gasteiger partial charge in [-0.05, 0) is 33.1 Å². The van der Waals surface area contributed by atoms with E-state index in [1.165, 1.54) is 25.7 Å². The third-order valence-electron chi connectivity index (χ3n) is 3.92. The Kier molecular flexibility index (Phi) is 2.37. The summed E-state index contributed by atoms with van der Waals surface area (Å²) in [6.45, 7) is 4.47. The van der Waals surface area contributed by atoms with Gasteiger partial charge < -0.3 is 10.4 Å². The maximum absolute atomic E-state index is 10.00. The lowest BCUT2D eigenvalue weighted by atomic mass is 9.67. The topological polar surface area (TPSA) is 32.3 Å². The highest BCUT2D eigenvalue weighted by atomic mass is 16.3. The number of nitrogens with one attached hydrogen (secondary N) is 1. The highest BCUT2D eigenvalue weighted by Crippen LogP contribution is 2.40. The molecule has 13 heavy (non-hydrogen) atoms. The number of aliphatic hydroxyl groups is 1. The lowest BCUT2D eigenvalue weighted by Crippen LogP contribution is -2.62. The van der Waals surface area contributed by atoms with Crippen LogP contribution in [-0.2, 0) is 0 Å². The fraction of sp³-hybridized carbons (Fsp3) is 1.00. The van der Waals surface area contributed by atoms with Crippen molar-refractivity contribution in [2.45, 2.75) is 63.6 Å². The second-order valence-corrected chi connectivity index (χ2v) is 5.12. The first-order valence-corrected chi connectivity index (χ1v) is 5.57. The molecule has 4 atom stereocenters. The Morgan fingerprint density at radius 3 is 2.92 bits per heavy atom. The first-order chi connectivity index (χ1) is 6.12. The van der Waals surface area contributed by atoms with Gasteiger partial charge in [0, 0.05) is 17.5 Å². The normalized spacial score (nSPS) is 51.5. The summed E-state index contributed by atoms with van der Waals surface area (Å²) in [4.78, 5) is 0. The molecule has 1 heterocycles. The van der Waals surface area contributed by atoms with Crippen molar-refractivity contribution in [1.82, 2.24) is 5.32 Å². The third kappa shape index (κ3) is 1.62. The van der Waals surface area contributed by atoms with Gasteiger partial charge in [-0.2, -0.15) is 0 Å². The molecule has 2 aliphatic rings. The lowest BCUT2D eigenvalue weighted by Gasteiger charge is -2.50. The Hall–Kier alpha value is -0.0800. The van der Waals surface area contributed by atoms with E-state index in [0.29, 0.717) is 12.0 Å². The molecule has 2 fully saturated rings. The third-order valence-corrected chi connectivity index (χ3v) is 3.92. The zero-order valence-corrected chi connectivity index (χ0v) is 8.71. The second-order valence-electron chi connectivity index (χ2n) is 5.12. The molecule has 2 N–H and O–H groups in total. The van der Waals surface area contributed by atoms with E-state index < -0.39 is 0 Å².